The molecule has 0 aromatic heterocycles. The van der Waals surface area contributed by atoms with Gasteiger partial charge in [-0.2, -0.15) is 0 Å². The summed E-state index contributed by atoms with van der Waals surface area (Å²) < 4.78 is 17.8. The van der Waals surface area contributed by atoms with Gasteiger partial charge in [-0.3, -0.25) is 4.90 Å². The molecule has 2 aromatic rings. The Bertz CT molecular complexity index is 1090. The molecule has 2 heterocycles. The van der Waals surface area contributed by atoms with Crippen LogP contribution in [0, 0.1) is 6.92 Å². The first-order chi connectivity index (χ1) is 14.4. The van der Waals surface area contributed by atoms with Crippen molar-refractivity contribution in [2.24, 2.45) is 0 Å². The average Bonchev–Trinajstić information content (AvgIpc) is 2.64. The monoisotopic (exact) mass is 421 g/mol. The second-order valence-corrected chi connectivity index (χ2v) is 9.85. The molecule has 1 atom stereocenters. The predicted molar refractivity (Wildman–Crippen MR) is 123 cm³/mol. The first kappa shape index (κ1) is 21.4. The molecule has 2 aromatic carbocycles. The predicted octanol–water partition coefficient (Wildman–Crippen LogP) is 6.64. The highest BCUT2D eigenvalue weighted by Gasteiger charge is 2.41. The number of rotatable bonds is 1. The summed E-state index contributed by atoms with van der Waals surface area (Å²) in [5, 5.41) is 0. The van der Waals surface area contributed by atoms with Crippen molar-refractivity contribution in [3.8, 4) is 16.9 Å². The topological polar surface area (TPSA) is 48.0 Å². The van der Waals surface area contributed by atoms with Crippen LogP contribution in [0.4, 0.5) is 10.5 Å². The van der Waals surface area contributed by atoms with Crippen LogP contribution in [0.1, 0.15) is 64.5 Å². The summed E-state index contributed by atoms with van der Waals surface area (Å²) in [6, 6.07) is 10.1. The Kier molecular flexibility index (Phi) is 4.93. The maximum atomic E-state index is 13.3. The molecule has 2 aliphatic rings. The third-order valence-corrected chi connectivity index (χ3v) is 5.77. The van der Waals surface area contributed by atoms with Crippen molar-refractivity contribution < 1.29 is 19.0 Å². The Morgan fingerprint density at radius 1 is 1.10 bits per heavy atom. The zero-order valence-electron chi connectivity index (χ0n) is 19.6. The maximum Gasteiger partial charge on any atom is 0.415 e. The summed E-state index contributed by atoms with van der Waals surface area (Å²) in [5.41, 5.74) is 5.93. The molecule has 2 aliphatic heterocycles. The zero-order valence-corrected chi connectivity index (χ0v) is 19.6. The van der Waals surface area contributed by atoms with Crippen LogP contribution in [-0.4, -0.2) is 24.3 Å². The van der Waals surface area contributed by atoms with Crippen molar-refractivity contribution in [2.45, 2.75) is 65.9 Å². The molecular formula is C26H31NO4. The fourth-order valence-corrected chi connectivity index (χ4v) is 4.71. The lowest BCUT2D eigenvalue weighted by molar-refractivity contribution is -0.0580. The van der Waals surface area contributed by atoms with Gasteiger partial charge in [-0.05, 0) is 77.3 Å². The van der Waals surface area contributed by atoms with Gasteiger partial charge < -0.3 is 14.2 Å². The number of aryl methyl sites for hydroxylation is 1. The Morgan fingerprint density at radius 3 is 2.45 bits per heavy atom. The summed E-state index contributed by atoms with van der Waals surface area (Å²) in [5.74, 6) is 0.807. The first-order valence-electron chi connectivity index (χ1n) is 10.6. The van der Waals surface area contributed by atoms with E-state index >= 15 is 0 Å². The number of allylic oxidation sites excluding steroid dienone is 1. The van der Waals surface area contributed by atoms with Crippen LogP contribution >= 0.6 is 0 Å². The quantitative estimate of drug-likeness (QED) is 0.518. The summed E-state index contributed by atoms with van der Waals surface area (Å²) in [6.45, 7) is 13.8. The number of ether oxygens (including phenoxy) is 3. The Balaban J connectivity index is 1.98. The van der Waals surface area contributed by atoms with Gasteiger partial charge in [-0.15, -0.1) is 0 Å². The third-order valence-electron chi connectivity index (χ3n) is 5.77. The van der Waals surface area contributed by atoms with E-state index in [1.807, 2.05) is 52.8 Å². The minimum atomic E-state index is -0.591. The number of carbonyl (C=O) groups excluding carboxylic acids is 1. The first-order valence-corrected chi connectivity index (χ1v) is 10.6. The van der Waals surface area contributed by atoms with E-state index in [0.29, 0.717) is 0 Å². The lowest BCUT2D eigenvalue weighted by atomic mass is 9.82. The van der Waals surface area contributed by atoms with Crippen molar-refractivity contribution in [2.75, 3.05) is 12.0 Å². The molecule has 0 saturated heterocycles. The van der Waals surface area contributed by atoms with Crippen LogP contribution in [0.25, 0.3) is 16.7 Å². The molecule has 4 rings (SSSR count). The number of fused-ring (bicyclic) bond motifs is 5. The molecule has 0 spiro atoms. The maximum absolute atomic E-state index is 13.3. The standard InChI is InChI=1S/C26H31NO4/c1-15-10-9-11-19-20(15)17-12-13-18-21(22(17)23(29-8)30-19)16(2)14-26(6,7)27(18)24(28)31-25(3,4)5/h9-14,23H,1-8H3. The number of carbonyl (C=O) groups is 1. The van der Waals surface area contributed by atoms with Crippen molar-refractivity contribution in [3.05, 3.63) is 53.1 Å². The van der Waals surface area contributed by atoms with Crippen LogP contribution in [0.2, 0.25) is 0 Å². The van der Waals surface area contributed by atoms with E-state index in [0.717, 1.165) is 44.8 Å². The van der Waals surface area contributed by atoms with E-state index in [4.69, 9.17) is 14.2 Å². The second kappa shape index (κ2) is 7.13. The Labute approximate surface area is 184 Å². The lowest BCUT2D eigenvalue weighted by Gasteiger charge is -2.43. The van der Waals surface area contributed by atoms with Crippen molar-refractivity contribution in [3.63, 3.8) is 0 Å². The van der Waals surface area contributed by atoms with Gasteiger partial charge in [0.25, 0.3) is 0 Å². The van der Waals surface area contributed by atoms with Crippen LogP contribution in [0.5, 0.6) is 5.75 Å². The number of amides is 1. The number of nitrogens with zero attached hydrogens (tertiary/aromatic N) is 1. The van der Waals surface area contributed by atoms with E-state index in [1.54, 1.807) is 12.0 Å². The molecule has 0 saturated carbocycles. The van der Waals surface area contributed by atoms with Crippen molar-refractivity contribution in [1.82, 2.24) is 0 Å². The van der Waals surface area contributed by atoms with Gasteiger partial charge in [0.05, 0.1) is 11.2 Å². The zero-order chi connectivity index (χ0) is 22.7. The SMILES string of the molecule is COC1Oc2cccc(C)c2-c2ccc3c(c21)C(C)=CC(C)(C)N3C(=O)OC(C)(C)C. The fraction of sp³-hybridized carbons (Fsp3) is 0.423. The molecule has 0 fully saturated rings. The second-order valence-electron chi connectivity index (χ2n) is 9.85. The van der Waals surface area contributed by atoms with Crippen LogP contribution in [-0.2, 0) is 9.47 Å². The van der Waals surface area contributed by atoms with Gasteiger partial charge in [-0.1, -0.05) is 24.3 Å². The minimum Gasteiger partial charge on any atom is -0.460 e. The Hall–Kier alpha value is -2.79. The highest BCUT2D eigenvalue weighted by Crippen LogP contribution is 2.51. The minimum absolute atomic E-state index is 0.371. The molecule has 0 aliphatic carbocycles. The molecule has 0 N–H and O–H groups in total. The van der Waals surface area contributed by atoms with Gasteiger partial charge in [0.2, 0.25) is 6.29 Å². The smallest absolute Gasteiger partial charge is 0.415 e. The number of hydrogen-bond donors (Lipinski definition) is 0. The average molecular weight is 422 g/mol. The van der Waals surface area contributed by atoms with Crippen LogP contribution in [0.3, 0.4) is 0 Å². The van der Waals surface area contributed by atoms with Crippen LogP contribution < -0.4 is 9.64 Å². The highest BCUT2D eigenvalue weighted by molar-refractivity contribution is 6.00. The molecule has 1 amide bonds. The summed E-state index contributed by atoms with van der Waals surface area (Å²) in [4.78, 5) is 15.0. The molecule has 31 heavy (non-hydrogen) atoms. The molecule has 0 bridgehead atoms. The fourth-order valence-electron chi connectivity index (χ4n) is 4.71. The van der Waals surface area contributed by atoms with E-state index in [9.17, 15) is 4.79 Å². The molecule has 5 heteroatoms. The summed E-state index contributed by atoms with van der Waals surface area (Å²) >= 11 is 0. The molecule has 164 valence electrons. The third kappa shape index (κ3) is 3.51. The normalized spacial score (nSPS) is 18.9. The van der Waals surface area contributed by atoms with E-state index < -0.39 is 17.4 Å². The number of hydrogen-bond acceptors (Lipinski definition) is 4. The van der Waals surface area contributed by atoms with Crippen LogP contribution in [0.15, 0.2) is 36.4 Å². The van der Waals surface area contributed by atoms with Gasteiger partial charge in [0.15, 0.2) is 0 Å². The molecule has 5 nitrogen and oxygen atoms in total. The number of methoxy groups -OCH3 is 1. The number of benzene rings is 2. The summed E-state index contributed by atoms with van der Waals surface area (Å²) in [6.07, 6.45) is 1.17. The van der Waals surface area contributed by atoms with Crippen molar-refractivity contribution >= 4 is 17.4 Å². The molecule has 0 radical (unpaired) electrons. The van der Waals surface area contributed by atoms with Gasteiger partial charge in [0, 0.05) is 23.8 Å². The Morgan fingerprint density at radius 2 is 1.81 bits per heavy atom. The van der Waals surface area contributed by atoms with E-state index in [1.165, 1.54) is 0 Å². The molecular weight excluding hydrogens is 390 g/mol. The van der Waals surface area contributed by atoms with E-state index in [-0.39, 0.29) is 6.09 Å². The van der Waals surface area contributed by atoms with E-state index in [2.05, 4.69) is 32.1 Å². The molecule has 1 unspecified atom stereocenters. The lowest BCUT2D eigenvalue weighted by Crippen LogP contribution is -2.51. The highest BCUT2D eigenvalue weighted by atomic mass is 16.7. The summed E-state index contributed by atoms with van der Waals surface area (Å²) in [7, 11) is 1.64. The van der Waals surface area contributed by atoms with Gasteiger partial charge >= 0.3 is 6.09 Å². The largest absolute Gasteiger partial charge is 0.460 e. The van der Waals surface area contributed by atoms with Gasteiger partial charge in [-0.25, -0.2) is 4.79 Å². The van der Waals surface area contributed by atoms with Gasteiger partial charge in [0.1, 0.15) is 11.4 Å². The number of anilines is 1. The van der Waals surface area contributed by atoms with Crippen molar-refractivity contribution in [1.29, 1.82) is 0 Å².